The maximum absolute atomic E-state index is 12.6. The number of amides is 1. The number of aliphatic hydroxyl groups is 1. The lowest BCUT2D eigenvalue weighted by molar-refractivity contribution is -0.133. The molecular formula is C21H25Cl3N6O2. The second kappa shape index (κ2) is 9.97. The zero-order valence-corrected chi connectivity index (χ0v) is 19.8. The average Bonchev–Trinajstić information content (AvgIpc) is 3.21. The summed E-state index contributed by atoms with van der Waals surface area (Å²) in [7, 11) is 0. The number of anilines is 2. The van der Waals surface area contributed by atoms with Gasteiger partial charge in [0.25, 0.3) is 0 Å². The molecule has 8 nitrogen and oxygen atoms in total. The third-order valence-electron chi connectivity index (χ3n) is 5.79. The van der Waals surface area contributed by atoms with E-state index in [0.717, 1.165) is 5.56 Å². The van der Waals surface area contributed by atoms with E-state index < -0.39 is 6.10 Å². The number of aliphatic hydroxyl groups excluding tert-OH is 1. The van der Waals surface area contributed by atoms with E-state index >= 15 is 0 Å². The molecule has 2 aliphatic rings. The van der Waals surface area contributed by atoms with Gasteiger partial charge in [0, 0.05) is 42.8 Å². The van der Waals surface area contributed by atoms with Gasteiger partial charge < -0.3 is 25.5 Å². The van der Waals surface area contributed by atoms with Gasteiger partial charge in [0.05, 0.1) is 24.4 Å². The Labute approximate surface area is 201 Å². The minimum Gasteiger partial charge on any atom is -0.392 e. The Morgan fingerprint density at radius 2 is 1.97 bits per heavy atom. The van der Waals surface area contributed by atoms with Gasteiger partial charge in [-0.25, -0.2) is 4.98 Å². The fourth-order valence-electron chi connectivity index (χ4n) is 4.00. The minimum atomic E-state index is -0.455. The molecule has 0 aliphatic carbocycles. The third-order valence-corrected chi connectivity index (χ3v) is 6.63. The number of nitrogens with zero attached hydrogens (tertiary/aromatic N) is 4. The van der Waals surface area contributed by atoms with Crippen LogP contribution in [0.25, 0.3) is 0 Å². The van der Waals surface area contributed by atoms with E-state index in [1.165, 1.54) is 0 Å². The molecule has 32 heavy (non-hydrogen) atoms. The van der Waals surface area contributed by atoms with Crippen molar-refractivity contribution in [3.63, 3.8) is 0 Å². The Morgan fingerprint density at radius 1 is 1.22 bits per heavy atom. The molecule has 0 saturated carbocycles. The van der Waals surface area contributed by atoms with Crippen molar-refractivity contribution in [2.24, 2.45) is 0 Å². The molecule has 4 rings (SSSR count). The first kappa shape index (κ1) is 23.3. The second-order valence-electron chi connectivity index (χ2n) is 8.06. The van der Waals surface area contributed by atoms with E-state index in [1.54, 1.807) is 18.3 Å². The molecule has 2 saturated heterocycles. The van der Waals surface area contributed by atoms with Crippen molar-refractivity contribution in [2.45, 2.75) is 31.5 Å². The van der Waals surface area contributed by atoms with E-state index in [1.807, 2.05) is 22.8 Å². The lowest BCUT2D eigenvalue weighted by Crippen LogP contribution is -2.53. The van der Waals surface area contributed by atoms with Gasteiger partial charge in [-0.05, 0) is 31.0 Å². The molecule has 2 aliphatic heterocycles. The zero-order chi connectivity index (χ0) is 22.8. The van der Waals surface area contributed by atoms with Crippen LogP contribution >= 0.6 is 34.8 Å². The summed E-state index contributed by atoms with van der Waals surface area (Å²) in [6.07, 6.45) is 1.58. The Hall–Kier alpha value is -1.84. The summed E-state index contributed by atoms with van der Waals surface area (Å²) in [5.74, 6) is 1.10. The van der Waals surface area contributed by atoms with E-state index in [0.29, 0.717) is 66.0 Å². The predicted molar refractivity (Wildman–Crippen MR) is 127 cm³/mol. The average molecular weight is 500 g/mol. The molecule has 2 aromatic rings. The molecule has 1 amide bonds. The summed E-state index contributed by atoms with van der Waals surface area (Å²) < 4.78 is 0. The number of β-amino-alcohol motifs (C(OH)–C–C–N with tert-alkyl or cyclic N) is 1. The number of hydrogen-bond acceptors (Lipinski definition) is 7. The van der Waals surface area contributed by atoms with Crippen molar-refractivity contribution >= 4 is 52.5 Å². The lowest BCUT2D eigenvalue weighted by Gasteiger charge is -2.36. The van der Waals surface area contributed by atoms with E-state index in [4.69, 9.17) is 34.8 Å². The molecule has 3 atom stereocenters. The highest BCUT2D eigenvalue weighted by Crippen LogP contribution is 2.30. The molecular weight excluding hydrogens is 475 g/mol. The van der Waals surface area contributed by atoms with E-state index in [-0.39, 0.29) is 18.0 Å². The van der Waals surface area contributed by atoms with Crippen LogP contribution in [0.15, 0.2) is 24.4 Å². The molecule has 0 bridgehead atoms. The number of nitrogens with one attached hydrogen (secondary N) is 2. The highest BCUT2D eigenvalue weighted by atomic mass is 35.5. The van der Waals surface area contributed by atoms with Crippen molar-refractivity contribution in [2.75, 3.05) is 42.9 Å². The Kier molecular flexibility index (Phi) is 7.27. The van der Waals surface area contributed by atoms with E-state index in [2.05, 4.69) is 20.6 Å². The Morgan fingerprint density at radius 3 is 2.62 bits per heavy atom. The number of carbonyl (C=O) groups is 1. The Balaban J connectivity index is 1.40. The maximum atomic E-state index is 12.6. The molecule has 3 heterocycles. The summed E-state index contributed by atoms with van der Waals surface area (Å²) in [5.41, 5.74) is 0.880. The first-order valence-electron chi connectivity index (χ1n) is 10.5. The van der Waals surface area contributed by atoms with Crippen LogP contribution in [-0.4, -0.2) is 70.8 Å². The van der Waals surface area contributed by atoms with Gasteiger partial charge in [0.1, 0.15) is 5.02 Å². The Bertz CT molecular complexity index is 986. The summed E-state index contributed by atoms with van der Waals surface area (Å²) in [6, 6.07) is 4.90. The minimum absolute atomic E-state index is 0.0363. The van der Waals surface area contributed by atoms with Gasteiger partial charge in [0.15, 0.2) is 5.82 Å². The highest BCUT2D eigenvalue weighted by Gasteiger charge is 2.33. The molecule has 0 spiro atoms. The zero-order valence-electron chi connectivity index (χ0n) is 17.6. The topological polar surface area (TPSA) is 93.6 Å². The summed E-state index contributed by atoms with van der Waals surface area (Å²) >= 11 is 18.7. The molecule has 2 fully saturated rings. The number of halogens is 3. The number of benzene rings is 1. The van der Waals surface area contributed by atoms with Crippen LogP contribution in [0, 0.1) is 0 Å². The number of piperazine rings is 1. The summed E-state index contributed by atoms with van der Waals surface area (Å²) in [4.78, 5) is 25.5. The first-order valence-corrected chi connectivity index (χ1v) is 11.6. The fourth-order valence-corrected chi connectivity index (χ4v) is 4.72. The smallest absolute Gasteiger partial charge is 0.239 e. The van der Waals surface area contributed by atoms with Crippen LogP contribution in [0.1, 0.15) is 24.9 Å². The van der Waals surface area contributed by atoms with Gasteiger partial charge in [-0.15, -0.1) is 0 Å². The van der Waals surface area contributed by atoms with Gasteiger partial charge in [0.2, 0.25) is 11.9 Å². The number of hydrogen-bond donors (Lipinski definition) is 3. The van der Waals surface area contributed by atoms with E-state index in [9.17, 15) is 9.90 Å². The van der Waals surface area contributed by atoms with Crippen molar-refractivity contribution in [3.8, 4) is 0 Å². The second-order valence-corrected chi connectivity index (χ2v) is 9.31. The van der Waals surface area contributed by atoms with Gasteiger partial charge in [-0.1, -0.05) is 40.9 Å². The van der Waals surface area contributed by atoms with Crippen molar-refractivity contribution < 1.29 is 9.90 Å². The maximum Gasteiger partial charge on any atom is 0.239 e. The predicted octanol–water partition coefficient (Wildman–Crippen LogP) is 2.98. The summed E-state index contributed by atoms with van der Waals surface area (Å²) in [5, 5.41) is 17.6. The molecule has 1 aromatic heterocycles. The first-order chi connectivity index (χ1) is 15.3. The van der Waals surface area contributed by atoms with Crippen LogP contribution in [0.5, 0.6) is 0 Å². The van der Waals surface area contributed by atoms with Crippen LogP contribution in [0.4, 0.5) is 11.8 Å². The molecule has 1 aromatic carbocycles. The van der Waals surface area contributed by atoms with Crippen molar-refractivity contribution in [3.05, 3.63) is 45.0 Å². The molecule has 3 N–H and O–H groups in total. The fraction of sp³-hybridized carbons (Fsp3) is 0.476. The molecule has 0 radical (unpaired) electrons. The van der Waals surface area contributed by atoms with Crippen molar-refractivity contribution in [1.29, 1.82) is 0 Å². The van der Waals surface area contributed by atoms with Gasteiger partial charge in [-0.3, -0.25) is 4.79 Å². The number of carbonyl (C=O) groups excluding carboxylic acids is 1. The third kappa shape index (κ3) is 5.21. The lowest BCUT2D eigenvalue weighted by atomic mass is 10.1. The van der Waals surface area contributed by atoms with Crippen LogP contribution in [0.3, 0.4) is 0 Å². The number of aromatic nitrogens is 2. The monoisotopic (exact) mass is 498 g/mol. The quantitative estimate of drug-likeness (QED) is 0.582. The van der Waals surface area contributed by atoms with Crippen LogP contribution in [0.2, 0.25) is 15.1 Å². The van der Waals surface area contributed by atoms with Gasteiger partial charge in [-0.2, -0.15) is 4.98 Å². The van der Waals surface area contributed by atoms with Crippen molar-refractivity contribution in [1.82, 2.24) is 20.2 Å². The molecule has 0 unspecified atom stereocenters. The highest BCUT2D eigenvalue weighted by molar-refractivity contribution is 6.35. The molecule has 11 heteroatoms. The van der Waals surface area contributed by atoms with Crippen LogP contribution in [-0.2, 0) is 4.79 Å². The van der Waals surface area contributed by atoms with Gasteiger partial charge >= 0.3 is 0 Å². The SMILES string of the molecule is C[C@@H](Nc1nc(N2CCN(C(=O)[C@H]3C[C@H](O)CN3)CC2)ncc1Cl)c1ccc(Cl)cc1Cl. The largest absolute Gasteiger partial charge is 0.392 e. The normalized spacial score (nSPS) is 22.2. The van der Waals surface area contributed by atoms with Crippen LogP contribution < -0.4 is 15.5 Å². The molecule has 172 valence electrons. The standard InChI is InChI=1S/C21H25Cl3N6O2/c1-12(15-3-2-13(22)8-16(15)23)27-19-17(24)11-26-21(28-19)30-6-4-29(5-7-30)20(32)18-9-14(31)10-25-18/h2-3,8,11-12,14,18,25,31H,4-7,9-10H2,1H3,(H,26,27,28)/t12-,14+,18-/m1/s1. The summed E-state index contributed by atoms with van der Waals surface area (Å²) in [6.45, 7) is 4.79. The number of rotatable bonds is 5.